The molecule has 0 atom stereocenters. The lowest BCUT2D eigenvalue weighted by molar-refractivity contribution is 0.0952. The summed E-state index contributed by atoms with van der Waals surface area (Å²) >= 11 is 5.29. The maximum atomic E-state index is 13.1. The Morgan fingerprint density at radius 3 is 2.56 bits per heavy atom. The standard InChI is InChI=1S/C23H16FN5O2S/c1-13-17-4-2-3-5-20(17)31-21(13)22(30)26-23(32)25-15-8-11-18-19(12-15)28-29(27-18)16-9-6-14(24)7-10-16/h2-12H,1H3,(H2,25,26,30,32). The lowest BCUT2D eigenvalue weighted by atomic mass is 10.1. The second kappa shape index (κ2) is 7.86. The lowest BCUT2D eigenvalue weighted by Gasteiger charge is -2.08. The summed E-state index contributed by atoms with van der Waals surface area (Å²) < 4.78 is 18.8. The van der Waals surface area contributed by atoms with Gasteiger partial charge in [0, 0.05) is 16.6 Å². The summed E-state index contributed by atoms with van der Waals surface area (Å²) in [6, 6.07) is 18.6. The van der Waals surface area contributed by atoms with Crippen LogP contribution in [0.4, 0.5) is 10.1 Å². The number of halogens is 1. The molecule has 0 unspecified atom stereocenters. The molecule has 158 valence electrons. The Morgan fingerprint density at radius 2 is 1.78 bits per heavy atom. The highest BCUT2D eigenvalue weighted by atomic mass is 32.1. The van der Waals surface area contributed by atoms with E-state index in [2.05, 4.69) is 20.8 Å². The molecule has 0 radical (unpaired) electrons. The molecule has 2 N–H and O–H groups in total. The summed E-state index contributed by atoms with van der Waals surface area (Å²) in [5, 5.41) is 15.4. The molecule has 5 rings (SSSR count). The average molecular weight is 445 g/mol. The minimum atomic E-state index is -0.431. The number of furan rings is 1. The van der Waals surface area contributed by atoms with Gasteiger partial charge in [-0.3, -0.25) is 10.1 Å². The number of aryl methyl sites for hydroxylation is 1. The van der Waals surface area contributed by atoms with Gasteiger partial charge in [-0.2, -0.15) is 4.80 Å². The molecular formula is C23H16FN5O2S. The number of aromatic nitrogens is 3. The van der Waals surface area contributed by atoms with Crippen LogP contribution in [-0.2, 0) is 0 Å². The van der Waals surface area contributed by atoms with E-state index in [9.17, 15) is 9.18 Å². The van der Waals surface area contributed by atoms with Gasteiger partial charge in [-0.15, -0.1) is 10.2 Å². The zero-order valence-corrected chi connectivity index (χ0v) is 17.6. The Hall–Kier alpha value is -4.11. The third-order valence-electron chi connectivity index (χ3n) is 4.97. The SMILES string of the molecule is Cc1c(C(=O)NC(=S)Nc2ccc3nn(-c4ccc(F)cc4)nc3c2)oc2ccccc12. The molecule has 0 aliphatic heterocycles. The van der Waals surface area contributed by atoms with Gasteiger partial charge < -0.3 is 9.73 Å². The number of carbonyl (C=O) groups excluding carboxylic acids is 1. The smallest absolute Gasteiger partial charge is 0.293 e. The fraction of sp³-hybridized carbons (Fsp3) is 0.0435. The van der Waals surface area contributed by atoms with Gasteiger partial charge in [0.05, 0.1) is 5.69 Å². The highest BCUT2D eigenvalue weighted by Crippen LogP contribution is 2.25. The molecule has 3 aromatic carbocycles. The van der Waals surface area contributed by atoms with Gasteiger partial charge in [0.15, 0.2) is 10.9 Å². The first kappa shape index (κ1) is 19.8. The molecule has 0 aliphatic rings. The van der Waals surface area contributed by atoms with Crippen LogP contribution in [0.1, 0.15) is 16.1 Å². The van der Waals surface area contributed by atoms with Crippen LogP contribution >= 0.6 is 12.2 Å². The average Bonchev–Trinajstić information content (AvgIpc) is 3.35. The maximum Gasteiger partial charge on any atom is 0.293 e. The van der Waals surface area contributed by atoms with E-state index < -0.39 is 5.91 Å². The fourth-order valence-corrected chi connectivity index (χ4v) is 3.61. The predicted molar refractivity (Wildman–Crippen MR) is 123 cm³/mol. The second-order valence-electron chi connectivity index (χ2n) is 7.13. The summed E-state index contributed by atoms with van der Waals surface area (Å²) in [7, 11) is 0. The fourth-order valence-electron chi connectivity index (χ4n) is 3.40. The summed E-state index contributed by atoms with van der Waals surface area (Å²) in [6.07, 6.45) is 0. The second-order valence-corrected chi connectivity index (χ2v) is 7.54. The van der Waals surface area contributed by atoms with E-state index in [1.54, 1.807) is 30.3 Å². The van der Waals surface area contributed by atoms with Gasteiger partial charge in [0.1, 0.15) is 22.4 Å². The first-order valence-electron chi connectivity index (χ1n) is 9.71. The van der Waals surface area contributed by atoms with Gasteiger partial charge in [-0.25, -0.2) is 4.39 Å². The number of nitrogens with zero attached hydrogens (tertiary/aromatic N) is 3. The lowest BCUT2D eigenvalue weighted by Crippen LogP contribution is -2.34. The molecule has 0 spiro atoms. The maximum absolute atomic E-state index is 13.1. The van der Waals surface area contributed by atoms with Crippen LogP contribution in [0.15, 0.2) is 71.1 Å². The zero-order chi connectivity index (χ0) is 22.2. The van der Waals surface area contributed by atoms with Crippen molar-refractivity contribution < 1.29 is 13.6 Å². The molecule has 9 heteroatoms. The van der Waals surface area contributed by atoms with Crippen LogP contribution in [0.3, 0.4) is 0 Å². The summed E-state index contributed by atoms with van der Waals surface area (Å²) in [6.45, 7) is 1.83. The van der Waals surface area contributed by atoms with Crippen molar-refractivity contribution in [1.82, 2.24) is 20.3 Å². The molecule has 0 aliphatic carbocycles. The van der Waals surface area contributed by atoms with Crippen LogP contribution in [0, 0.1) is 12.7 Å². The van der Waals surface area contributed by atoms with Crippen LogP contribution in [0.2, 0.25) is 0 Å². The van der Waals surface area contributed by atoms with Gasteiger partial charge in [0.2, 0.25) is 0 Å². The number of fused-ring (bicyclic) bond motifs is 2. The van der Waals surface area contributed by atoms with Crippen molar-refractivity contribution in [3.8, 4) is 5.69 Å². The van der Waals surface area contributed by atoms with Crippen molar-refractivity contribution in [2.24, 2.45) is 0 Å². The molecule has 0 saturated carbocycles. The number of rotatable bonds is 3. The monoisotopic (exact) mass is 445 g/mol. The Balaban J connectivity index is 1.32. The van der Waals surface area contributed by atoms with E-state index in [4.69, 9.17) is 16.6 Å². The summed E-state index contributed by atoms with van der Waals surface area (Å²) in [5.74, 6) is -0.544. The molecule has 2 aromatic heterocycles. The van der Waals surface area contributed by atoms with E-state index in [1.165, 1.54) is 16.9 Å². The quantitative estimate of drug-likeness (QED) is 0.390. The third kappa shape index (κ3) is 3.69. The van der Waals surface area contributed by atoms with Crippen molar-refractivity contribution in [3.05, 3.63) is 83.9 Å². The van der Waals surface area contributed by atoms with Gasteiger partial charge in [-0.05, 0) is 67.7 Å². The first-order valence-corrected chi connectivity index (χ1v) is 10.1. The van der Waals surface area contributed by atoms with Crippen LogP contribution < -0.4 is 10.6 Å². The topological polar surface area (TPSA) is 85.0 Å². The Morgan fingerprint density at radius 1 is 1.03 bits per heavy atom. The number of para-hydroxylation sites is 1. The first-order chi connectivity index (χ1) is 15.5. The Labute approximate surface area is 186 Å². The minimum Gasteiger partial charge on any atom is -0.451 e. The number of amides is 1. The largest absolute Gasteiger partial charge is 0.451 e. The molecule has 0 fully saturated rings. The third-order valence-corrected chi connectivity index (χ3v) is 5.18. The highest BCUT2D eigenvalue weighted by molar-refractivity contribution is 7.80. The van der Waals surface area contributed by atoms with Gasteiger partial charge in [0.25, 0.3) is 5.91 Å². The number of hydrogen-bond acceptors (Lipinski definition) is 5. The van der Waals surface area contributed by atoms with Gasteiger partial charge in [-0.1, -0.05) is 18.2 Å². The molecular weight excluding hydrogens is 429 g/mol. The highest BCUT2D eigenvalue weighted by Gasteiger charge is 2.18. The zero-order valence-electron chi connectivity index (χ0n) is 16.8. The number of hydrogen-bond donors (Lipinski definition) is 2. The normalized spacial score (nSPS) is 11.1. The molecule has 1 amide bonds. The van der Waals surface area contributed by atoms with Crippen LogP contribution in [0.5, 0.6) is 0 Å². The van der Waals surface area contributed by atoms with Crippen molar-refractivity contribution in [2.75, 3.05) is 5.32 Å². The van der Waals surface area contributed by atoms with Crippen molar-refractivity contribution in [2.45, 2.75) is 6.92 Å². The molecule has 0 bridgehead atoms. The number of thiocarbonyl (C=S) groups is 1. The van der Waals surface area contributed by atoms with Crippen molar-refractivity contribution in [1.29, 1.82) is 0 Å². The number of carbonyl (C=O) groups is 1. The van der Waals surface area contributed by atoms with E-state index in [1.807, 2.05) is 31.2 Å². The number of nitrogens with one attached hydrogen (secondary N) is 2. The summed E-state index contributed by atoms with van der Waals surface area (Å²) in [5.41, 5.74) is 3.94. The summed E-state index contributed by atoms with van der Waals surface area (Å²) in [4.78, 5) is 14.1. The van der Waals surface area contributed by atoms with E-state index in [-0.39, 0.29) is 16.7 Å². The van der Waals surface area contributed by atoms with Crippen LogP contribution in [-0.4, -0.2) is 26.0 Å². The molecule has 5 aromatic rings. The van der Waals surface area contributed by atoms with Gasteiger partial charge >= 0.3 is 0 Å². The van der Waals surface area contributed by atoms with E-state index >= 15 is 0 Å². The molecule has 32 heavy (non-hydrogen) atoms. The predicted octanol–water partition coefficient (Wildman–Crippen LogP) is 4.74. The number of anilines is 1. The Bertz CT molecular complexity index is 1490. The van der Waals surface area contributed by atoms with Crippen molar-refractivity contribution in [3.63, 3.8) is 0 Å². The molecule has 0 saturated heterocycles. The Kier molecular flexibility index (Phi) is 4.87. The van der Waals surface area contributed by atoms with E-state index in [0.717, 1.165) is 10.9 Å². The van der Waals surface area contributed by atoms with E-state index in [0.29, 0.717) is 28.0 Å². The van der Waals surface area contributed by atoms with Crippen molar-refractivity contribution >= 4 is 50.9 Å². The minimum absolute atomic E-state index is 0.125. The van der Waals surface area contributed by atoms with Crippen LogP contribution in [0.25, 0.3) is 27.7 Å². The molecule has 7 nitrogen and oxygen atoms in total. The molecule has 2 heterocycles. The number of benzene rings is 3.